The summed E-state index contributed by atoms with van der Waals surface area (Å²) < 4.78 is 0. The molecule has 0 radical (unpaired) electrons. The molecule has 0 amide bonds. The van der Waals surface area contributed by atoms with Crippen LogP contribution in [0.4, 0.5) is 17.1 Å². The summed E-state index contributed by atoms with van der Waals surface area (Å²) >= 11 is 0. The zero-order chi connectivity index (χ0) is 44.7. The molecule has 0 saturated carbocycles. The van der Waals surface area contributed by atoms with Crippen molar-refractivity contribution in [2.24, 2.45) is 0 Å². The van der Waals surface area contributed by atoms with Crippen molar-refractivity contribution < 1.29 is 0 Å². The Morgan fingerprint density at radius 3 is 1.45 bits per heavy atom. The van der Waals surface area contributed by atoms with Crippen LogP contribution in [0.5, 0.6) is 0 Å². The Morgan fingerprint density at radius 1 is 0.284 bits per heavy atom. The van der Waals surface area contributed by atoms with Crippen LogP contribution in [0.1, 0.15) is 47.2 Å². The van der Waals surface area contributed by atoms with E-state index >= 15 is 0 Å². The van der Waals surface area contributed by atoms with Gasteiger partial charge in [0.15, 0.2) is 0 Å². The normalized spacial score (nSPS) is 13.8. The van der Waals surface area contributed by atoms with Crippen LogP contribution in [-0.2, 0) is 10.8 Å². The summed E-state index contributed by atoms with van der Waals surface area (Å²) in [7, 11) is 0. The van der Waals surface area contributed by atoms with Crippen LogP contribution in [0.15, 0.2) is 249 Å². The van der Waals surface area contributed by atoms with Crippen LogP contribution < -0.4 is 4.90 Å². The molecule has 2 aliphatic carbocycles. The monoisotopic (exact) mass is 853 g/mol. The highest BCUT2D eigenvalue weighted by Gasteiger charge is 2.46. The largest absolute Gasteiger partial charge is 0.310 e. The van der Waals surface area contributed by atoms with Crippen molar-refractivity contribution in [2.75, 3.05) is 4.90 Å². The first kappa shape index (κ1) is 39.1. The Hall–Kier alpha value is -8.26. The van der Waals surface area contributed by atoms with Crippen LogP contribution in [0.25, 0.3) is 66.1 Å². The van der Waals surface area contributed by atoms with E-state index in [1.54, 1.807) is 0 Å². The van der Waals surface area contributed by atoms with Gasteiger partial charge in [-0.15, -0.1) is 0 Å². The molecule has 316 valence electrons. The van der Waals surface area contributed by atoms with E-state index in [4.69, 9.17) is 0 Å². The molecule has 0 atom stereocenters. The van der Waals surface area contributed by atoms with Crippen LogP contribution in [-0.4, -0.2) is 0 Å². The molecular formula is C66H47N. The molecule has 0 spiro atoms. The summed E-state index contributed by atoms with van der Waals surface area (Å²) in [6.07, 6.45) is 0. The van der Waals surface area contributed by atoms with Gasteiger partial charge in [-0.2, -0.15) is 0 Å². The second kappa shape index (κ2) is 15.2. The first-order valence-corrected chi connectivity index (χ1v) is 23.5. The Labute approximate surface area is 392 Å². The highest BCUT2D eigenvalue weighted by Crippen LogP contribution is 2.58. The maximum Gasteiger partial charge on any atom is 0.0714 e. The molecule has 2 aliphatic rings. The molecule has 0 bridgehead atoms. The summed E-state index contributed by atoms with van der Waals surface area (Å²) in [5.41, 5.74) is 20.5. The van der Waals surface area contributed by atoms with E-state index in [9.17, 15) is 0 Å². The van der Waals surface area contributed by atoms with E-state index < -0.39 is 5.41 Å². The van der Waals surface area contributed by atoms with Gasteiger partial charge < -0.3 is 4.90 Å². The molecule has 0 unspecified atom stereocenters. The van der Waals surface area contributed by atoms with Crippen LogP contribution >= 0.6 is 0 Å². The Balaban J connectivity index is 1.04. The van der Waals surface area contributed by atoms with E-state index in [0.717, 1.165) is 17.1 Å². The quantitative estimate of drug-likeness (QED) is 0.154. The lowest BCUT2D eigenvalue weighted by Gasteiger charge is -2.35. The summed E-state index contributed by atoms with van der Waals surface area (Å²) in [5.74, 6) is 0. The number of anilines is 3. The van der Waals surface area contributed by atoms with E-state index in [2.05, 4.69) is 267 Å². The lowest BCUT2D eigenvalue weighted by atomic mass is 9.67. The number of fused-ring (bicyclic) bond motifs is 8. The first-order chi connectivity index (χ1) is 33.0. The molecule has 11 aromatic rings. The first-order valence-electron chi connectivity index (χ1n) is 23.5. The summed E-state index contributed by atoms with van der Waals surface area (Å²) in [6.45, 7) is 4.78. The van der Waals surface area contributed by atoms with Gasteiger partial charge in [0.25, 0.3) is 0 Å². The Morgan fingerprint density at radius 2 is 0.761 bits per heavy atom. The molecule has 0 aliphatic heterocycles. The molecule has 0 saturated heterocycles. The van der Waals surface area contributed by atoms with Gasteiger partial charge in [0.1, 0.15) is 0 Å². The highest BCUT2D eigenvalue weighted by atomic mass is 15.1. The predicted octanol–water partition coefficient (Wildman–Crippen LogP) is 17.5. The Bertz CT molecular complexity index is 3660. The molecule has 1 heteroatoms. The minimum atomic E-state index is -0.530. The lowest BCUT2D eigenvalue weighted by molar-refractivity contribution is 0.662. The molecule has 0 fully saturated rings. The molecule has 1 nitrogen and oxygen atoms in total. The number of rotatable bonds is 7. The Kier molecular flexibility index (Phi) is 8.85. The maximum atomic E-state index is 2.50. The third kappa shape index (κ3) is 6.01. The molecular weight excluding hydrogens is 807 g/mol. The number of benzene rings is 11. The minimum absolute atomic E-state index is 0.149. The second-order valence-corrected chi connectivity index (χ2v) is 18.9. The van der Waals surface area contributed by atoms with Crippen LogP contribution in [0, 0.1) is 0 Å². The van der Waals surface area contributed by atoms with Crippen molar-refractivity contribution in [3.8, 4) is 44.5 Å². The SMILES string of the molecule is CC1(C)c2cc3ccccc3cc2-c2cc3ccc(N(c4ccc5c(c4)C(c4ccccc4)(c4ccccc4)c4ccccc4-5)c4ccccc4-c4ccc(-c5ccccc5)cc4)cc3cc21. The van der Waals surface area contributed by atoms with E-state index in [1.165, 1.54) is 99.4 Å². The van der Waals surface area contributed by atoms with Gasteiger partial charge in [0.05, 0.1) is 11.1 Å². The molecule has 67 heavy (non-hydrogen) atoms. The molecule has 0 N–H and O–H groups in total. The average molecular weight is 854 g/mol. The predicted molar refractivity (Wildman–Crippen MR) is 282 cm³/mol. The van der Waals surface area contributed by atoms with E-state index in [0.29, 0.717) is 0 Å². The zero-order valence-electron chi connectivity index (χ0n) is 37.6. The number of hydrogen-bond acceptors (Lipinski definition) is 1. The minimum Gasteiger partial charge on any atom is -0.310 e. The van der Waals surface area contributed by atoms with Crippen molar-refractivity contribution in [1.82, 2.24) is 0 Å². The third-order valence-electron chi connectivity index (χ3n) is 14.9. The average Bonchev–Trinajstić information content (AvgIpc) is 3.80. The van der Waals surface area contributed by atoms with Crippen molar-refractivity contribution >= 4 is 38.6 Å². The topological polar surface area (TPSA) is 3.24 Å². The van der Waals surface area contributed by atoms with E-state index in [1.807, 2.05) is 0 Å². The lowest BCUT2D eigenvalue weighted by Crippen LogP contribution is -2.28. The second-order valence-electron chi connectivity index (χ2n) is 18.9. The molecule has 0 heterocycles. The van der Waals surface area contributed by atoms with Gasteiger partial charge in [-0.05, 0) is 148 Å². The van der Waals surface area contributed by atoms with Crippen molar-refractivity contribution in [2.45, 2.75) is 24.7 Å². The highest BCUT2D eigenvalue weighted by molar-refractivity contribution is 6.00. The molecule has 11 aromatic carbocycles. The molecule has 0 aromatic heterocycles. The van der Waals surface area contributed by atoms with Gasteiger partial charge in [-0.1, -0.05) is 208 Å². The summed E-state index contributed by atoms with van der Waals surface area (Å²) in [5, 5.41) is 5.04. The number of nitrogens with zero attached hydrogens (tertiary/aromatic N) is 1. The fourth-order valence-corrected chi connectivity index (χ4v) is 11.7. The van der Waals surface area contributed by atoms with E-state index in [-0.39, 0.29) is 5.41 Å². The van der Waals surface area contributed by atoms with Crippen LogP contribution in [0.2, 0.25) is 0 Å². The van der Waals surface area contributed by atoms with Gasteiger partial charge in [-0.3, -0.25) is 0 Å². The van der Waals surface area contributed by atoms with Crippen LogP contribution in [0.3, 0.4) is 0 Å². The van der Waals surface area contributed by atoms with Gasteiger partial charge in [-0.25, -0.2) is 0 Å². The molecule has 13 rings (SSSR count). The van der Waals surface area contributed by atoms with Crippen molar-refractivity contribution in [1.29, 1.82) is 0 Å². The fourth-order valence-electron chi connectivity index (χ4n) is 11.7. The third-order valence-corrected chi connectivity index (χ3v) is 14.9. The van der Waals surface area contributed by atoms with Gasteiger partial charge in [0.2, 0.25) is 0 Å². The fraction of sp³-hybridized carbons (Fsp3) is 0.0606. The zero-order valence-corrected chi connectivity index (χ0v) is 37.6. The smallest absolute Gasteiger partial charge is 0.0714 e. The van der Waals surface area contributed by atoms with Crippen molar-refractivity contribution in [3.05, 3.63) is 282 Å². The van der Waals surface area contributed by atoms with Gasteiger partial charge >= 0.3 is 0 Å². The standard InChI is InChI=1S/C66H47N/c1-65(2)61-41-48-21-13-12-20-47(48)39-58(61)59-40-49-34-35-53(38-50(49)42-62(59)65)67(64-29-17-15-26-55(64)46-32-30-45(31-33-46)44-18-6-3-7-19-44)54-36-37-57-56-27-14-16-28-60(56)66(63(57)43-54,51-22-8-4-9-23-51)52-24-10-5-11-25-52/h3-43H,1-2H3. The number of hydrogen-bond donors (Lipinski definition) is 0. The maximum absolute atomic E-state index is 2.50. The van der Waals surface area contributed by atoms with Gasteiger partial charge in [0, 0.05) is 22.4 Å². The summed E-state index contributed by atoms with van der Waals surface area (Å²) in [6, 6.07) is 92.7. The number of para-hydroxylation sites is 1. The van der Waals surface area contributed by atoms with Crippen molar-refractivity contribution in [3.63, 3.8) is 0 Å². The summed E-state index contributed by atoms with van der Waals surface area (Å²) in [4.78, 5) is 2.50.